The molecule has 0 saturated carbocycles. The van der Waals surface area contributed by atoms with Gasteiger partial charge >= 0.3 is 0 Å². The van der Waals surface area contributed by atoms with E-state index in [9.17, 15) is 4.79 Å². The molecule has 0 amide bonds. The SMILES string of the molecule is C=Cc1cc(C(C)C)cc(C(C)C)c1-c1c(OC)ccc(OC)c1P1C(=C)CC(=O)CC1(C)C. The molecule has 0 aromatic heterocycles. The highest BCUT2D eigenvalue weighted by Gasteiger charge is 2.42. The molecule has 182 valence electrons. The van der Waals surface area contributed by atoms with Gasteiger partial charge in [-0.3, -0.25) is 4.79 Å². The summed E-state index contributed by atoms with van der Waals surface area (Å²) in [6.45, 7) is 21.9. The van der Waals surface area contributed by atoms with Crippen LogP contribution in [0.5, 0.6) is 11.5 Å². The third-order valence-electron chi connectivity index (χ3n) is 6.70. The first-order valence-electron chi connectivity index (χ1n) is 12.0. The fraction of sp³-hybridized carbons (Fsp3) is 0.433. The lowest BCUT2D eigenvalue weighted by Crippen LogP contribution is -2.33. The minimum atomic E-state index is -0.915. The number of allylic oxidation sites excluding steroid dienone is 1. The quantitative estimate of drug-likeness (QED) is 0.378. The first-order valence-corrected chi connectivity index (χ1v) is 13.4. The van der Waals surface area contributed by atoms with E-state index in [4.69, 9.17) is 9.47 Å². The van der Waals surface area contributed by atoms with Crippen LogP contribution in [0, 0.1) is 0 Å². The van der Waals surface area contributed by atoms with Crippen LogP contribution in [0.2, 0.25) is 0 Å². The van der Waals surface area contributed by atoms with Crippen molar-refractivity contribution in [3.63, 3.8) is 0 Å². The number of carbonyl (C=O) groups is 1. The lowest BCUT2D eigenvalue weighted by atomic mass is 9.84. The van der Waals surface area contributed by atoms with Crippen LogP contribution in [-0.2, 0) is 4.79 Å². The molecule has 1 fully saturated rings. The van der Waals surface area contributed by atoms with Gasteiger partial charge in [-0.05, 0) is 64.6 Å². The summed E-state index contributed by atoms with van der Waals surface area (Å²) < 4.78 is 12.0. The first kappa shape index (κ1) is 26.2. The van der Waals surface area contributed by atoms with Crippen molar-refractivity contribution in [3.05, 3.63) is 59.4 Å². The standard InChI is InChI=1S/C30H39O3P/c1-11-21-15-22(18(2)3)16-24(19(4)5)27(21)28-25(32-9)12-13-26(33-10)29(28)34-20(6)14-23(31)17-30(34,7)8/h11-13,15-16,18-19H,1,6,14,17H2,2-5,7-10H3. The first-order chi connectivity index (χ1) is 16.0. The summed E-state index contributed by atoms with van der Waals surface area (Å²) in [6.07, 6.45) is 2.91. The average molecular weight is 479 g/mol. The van der Waals surface area contributed by atoms with Crippen LogP contribution in [0.15, 0.2) is 42.7 Å². The van der Waals surface area contributed by atoms with Gasteiger partial charge in [0.1, 0.15) is 17.3 Å². The summed E-state index contributed by atoms with van der Waals surface area (Å²) in [5.74, 6) is 2.59. The fourth-order valence-electron chi connectivity index (χ4n) is 5.12. The van der Waals surface area contributed by atoms with Crippen molar-refractivity contribution in [1.29, 1.82) is 0 Å². The van der Waals surface area contributed by atoms with E-state index in [1.54, 1.807) is 14.2 Å². The minimum absolute atomic E-state index is 0.236. The van der Waals surface area contributed by atoms with Crippen LogP contribution in [0.25, 0.3) is 17.2 Å². The Labute approximate surface area is 207 Å². The lowest BCUT2D eigenvalue weighted by molar-refractivity contribution is -0.118. The molecule has 0 aliphatic carbocycles. The van der Waals surface area contributed by atoms with Crippen LogP contribution in [0.1, 0.15) is 82.9 Å². The van der Waals surface area contributed by atoms with Crippen LogP contribution in [0.3, 0.4) is 0 Å². The number of ketones is 1. The van der Waals surface area contributed by atoms with E-state index in [0.717, 1.165) is 38.8 Å². The Kier molecular flexibility index (Phi) is 7.78. The Morgan fingerprint density at radius 1 is 1.00 bits per heavy atom. The minimum Gasteiger partial charge on any atom is -0.496 e. The van der Waals surface area contributed by atoms with E-state index in [1.807, 2.05) is 18.2 Å². The van der Waals surface area contributed by atoms with Crippen molar-refractivity contribution in [2.45, 2.75) is 71.4 Å². The highest BCUT2D eigenvalue weighted by Crippen LogP contribution is 2.63. The van der Waals surface area contributed by atoms with Gasteiger partial charge in [-0.2, -0.15) is 0 Å². The molecule has 1 aliphatic rings. The summed E-state index contributed by atoms with van der Waals surface area (Å²) >= 11 is 0. The largest absolute Gasteiger partial charge is 0.496 e. The van der Waals surface area contributed by atoms with E-state index in [0.29, 0.717) is 24.7 Å². The maximum absolute atomic E-state index is 12.5. The van der Waals surface area contributed by atoms with Crippen LogP contribution < -0.4 is 14.8 Å². The highest BCUT2D eigenvalue weighted by molar-refractivity contribution is 7.71. The summed E-state index contributed by atoms with van der Waals surface area (Å²) in [4.78, 5) is 12.5. The number of rotatable bonds is 7. The average Bonchev–Trinajstić information content (AvgIpc) is 2.76. The topological polar surface area (TPSA) is 35.5 Å². The number of Topliss-reactive ketones (excluding diaryl/α,β-unsaturated/α-hetero) is 1. The van der Waals surface area contributed by atoms with Gasteiger partial charge in [0.25, 0.3) is 0 Å². The Bertz CT molecular complexity index is 1120. The normalized spacial score (nSPS) is 17.9. The molecule has 2 aromatic rings. The van der Waals surface area contributed by atoms with Crippen molar-refractivity contribution in [1.82, 2.24) is 0 Å². The molecule has 3 rings (SSSR count). The zero-order valence-electron chi connectivity index (χ0n) is 22.0. The molecule has 4 heteroatoms. The molecule has 1 saturated heterocycles. The molecule has 0 spiro atoms. The molecule has 1 heterocycles. The predicted octanol–water partition coefficient (Wildman–Crippen LogP) is 8.02. The van der Waals surface area contributed by atoms with Crippen molar-refractivity contribution in [2.75, 3.05) is 14.2 Å². The molecule has 1 atom stereocenters. The van der Waals surface area contributed by atoms with Gasteiger partial charge in [0.05, 0.1) is 14.2 Å². The van der Waals surface area contributed by atoms with E-state index < -0.39 is 7.92 Å². The number of ether oxygens (including phenoxy) is 2. The molecule has 0 radical (unpaired) electrons. The van der Waals surface area contributed by atoms with Gasteiger partial charge in [-0.1, -0.05) is 72.9 Å². The van der Waals surface area contributed by atoms with Crippen molar-refractivity contribution >= 4 is 25.1 Å². The Morgan fingerprint density at radius 3 is 2.12 bits per heavy atom. The molecular formula is C30H39O3P. The maximum Gasteiger partial charge on any atom is 0.138 e. The van der Waals surface area contributed by atoms with Gasteiger partial charge in [0, 0.05) is 23.7 Å². The molecule has 1 unspecified atom stereocenters. The third kappa shape index (κ3) is 4.73. The monoisotopic (exact) mass is 478 g/mol. The maximum atomic E-state index is 12.5. The van der Waals surface area contributed by atoms with E-state index in [-0.39, 0.29) is 10.9 Å². The lowest BCUT2D eigenvalue weighted by Gasteiger charge is -2.41. The second kappa shape index (κ2) is 10.1. The predicted molar refractivity (Wildman–Crippen MR) is 147 cm³/mol. The van der Waals surface area contributed by atoms with Crippen molar-refractivity contribution < 1.29 is 14.3 Å². The van der Waals surface area contributed by atoms with E-state index in [1.165, 1.54) is 11.1 Å². The second-order valence-electron chi connectivity index (χ2n) is 10.4. The van der Waals surface area contributed by atoms with Crippen LogP contribution >= 0.6 is 7.92 Å². The zero-order chi connectivity index (χ0) is 25.4. The van der Waals surface area contributed by atoms with Crippen molar-refractivity contribution in [3.8, 4) is 22.6 Å². The molecule has 2 aromatic carbocycles. The van der Waals surface area contributed by atoms with Crippen LogP contribution in [-0.4, -0.2) is 25.2 Å². The van der Waals surface area contributed by atoms with Gasteiger partial charge in [-0.15, -0.1) is 0 Å². The van der Waals surface area contributed by atoms with Gasteiger partial charge in [0.15, 0.2) is 0 Å². The summed E-state index contributed by atoms with van der Waals surface area (Å²) in [6, 6.07) is 8.56. The Hall–Kier alpha value is -2.38. The highest BCUT2D eigenvalue weighted by atomic mass is 31.1. The number of hydrogen-bond donors (Lipinski definition) is 0. The van der Waals surface area contributed by atoms with Crippen molar-refractivity contribution in [2.24, 2.45) is 0 Å². The number of benzene rings is 2. The number of hydrogen-bond acceptors (Lipinski definition) is 3. The summed E-state index contributed by atoms with van der Waals surface area (Å²) in [7, 11) is 2.52. The fourth-order valence-corrected chi connectivity index (χ4v) is 8.40. The molecule has 3 nitrogen and oxygen atoms in total. The third-order valence-corrected chi connectivity index (χ3v) is 9.75. The Balaban J connectivity index is 2.51. The summed E-state index contributed by atoms with van der Waals surface area (Å²) in [5.41, 5.74) is 5.84. The van der Waals surface area contributed by atoms with Crippen LogP contribution in [0.4, 0.5) is 0 Å². The second-order valence-corrected chi connectivity index (χ2v) is 13.3. The van der Waals surface area contributed by atoms with E-state index in [2.05, 4.69) is 66.8 Å². The molecule has 1 aliphatic heterocycles. The summed E-state index contributed by atoms with van der Waals surface area (Å²) in [5, 5.41) is 1.87. The smallest absolute Gasteiger partial charge is 0.138 e. The molecule has 0 N–H and O–H groups in total. The van der Waals surface area contributed by atoms with Gasteiger partial charge in [-0.25, -0.2) is 0 Å². The zero-order valence-corrected chi connectivity index (χ0v) is 22.9. The molecule has 0 bridgehead atoms. The Morgan fingerprint density at radius 2 is 1.62 bits per heavy atom. The van der Waals surface area contributed by atoms with E-state index >= 15 is 0 Å². The molecular weight excluding hydrogens is 439 g/mol. The number of methoxy groups -OCH3 is 2. The number of carbonyl (C=O) groups excluding carboxylic acids is 1. The van der Waals surface area contributed by atoms with Gasteiger partial charge in [0.2, 0.25) is 0 Å². The van der Waals surface area contributed by atoms with Gasteiger partial charge < -0.3 is 9.47 Å². The molecule has 34 heavy (non-hydrogen) atoms.